The summed E-state index contributed by atoms with van der Waals surface area (Å²) < 4.78 is 0. The van der Waals surface area contributed by atoms with E-state index in [-0.39, 0.29) is 38.6 Å². The van der Waals surface area contributed by atoms with Gasteiger partial charge in [0.2, 0.25) is 35.4 Å². The smallest absolute Gasteiger partial charge is 0.243 e. The number of nitrogens with two attached hydrogens (primary N) is 4. The molecule has 0 aliphatic heterocycles. The fraction of sp³-hybridized carbons (Fsp3) is 0.333. The molecule has 0 spiro atoms. The third-order valence-corrected chi connectivity index (χ3v) is 10.9. The van der Waals surface area contributed by atoms with Gasteiger partial charge in [-0.1, -0.05) is 109 Å². The Morgan fingerprint density at radius 2 is 0.953 bits per heavy atom. The summed E-state index contributed by atoms with van der Waals surface area (Å²) in [6.45, 7) is 2.34. The maximum atomic E-state index is 14.6. The van der Waals surface area contributed by atoms with E-state index < -0.39 is 71.7 Å². The number of aromatic nitrogens is 1. The Labute approximate surface area is 373 Å². The molecule has 14 N–H and O–H groups in total. The highest BCUT2D eigenvalue weighted by molar-refractivity contribution is 5.97. The maximum Gasteiger partial charge on any atom is 0.243 e. The van der Waals surface area contributed by atoms with Crippen LogP contribution in [0.2, 0.25) is 0 Å². The zero-order valence-electron chi connectivity index (χ0n) is 36.1. The molecule has 64 heavy (non-hydrogen) atoms. The number of para-hydroxylation sites is 1. The summed E-state index contributed by atoms with van der Waals surface area (Å²) >= 11 is 0. The molecule has 338 valence electrons. The standard InChI is InChI=1S/C48H60N10O6/c1-30-18-20-33(21-19-30)27-41(47(63)56-39(25-31-11-4-2-5-12-31)45(61)54-38(22-24-50)43(52)59)57-46(62)40(26-32-13-6-3-7-14-32)58-48(64)42(55-44(60)36(51)16-10-23-49)28-34-29-53-37-17-9-8-15-35(34)37/h2-9,11-15,17-21,29,36,38-42,53H,10,16,22-28,49-51H2,1H3,(H2,52,59)(H,54,61)(H,55,60)(H,56,63)(H,57,62)(H,58,64)/t36-,38?,39+,40+,41-,42+/m0/s1. The van der Waals surface area contributed by atoms with Crippen LogP contribution < -0.4 is 49.5 Å². The first-order valence-corrected chi connectivity index (χ1v) is 21.5. The Bertz CT molecular complexity index is 2320. The minimum atomic E-state index is -1.25. The predicted molar refractivity (Wildman–Crippen MR) is 246 cm³/mol. The molecule has 0 saturated carbocycles. The first kappa shape index (κ1) is 48.2. The number of aromatic amines is 1. The molecule has 0 fully saturated rings. The van der Waals surface area contributed by atoms with Gasteiger partial charge in [0.15, 0.2) is 0 Å². The average Bonchev–Trinajstić information content (AvgIpc) is 3.70. The van der Waals surface area contributed by atoms with Crippen LogP contribution in [0.15, 0.2) is 115 Å². The molecule has 5 rings (SSSR count). The van der Waals surface area contributed by atoms with Crippen LogP contribution in [-0.2, 0) is 54.5 Å². The van der Waals surface area contributed by atoms with Gasteiger partial charge in [-0.05, 0) is 67.6 Å². The molecule has 1 aromatic heterocycles. The van der Waals surface area contributed by atoms with Crippen molar-refractivity contribution in [1.82, 2.24) is 31.6 Å². The van der Waals surface area contributed by atoms with E-state index >= 15 is 0 Å². The van der Waals surface area contributed by atoms with Gasteiger partial charge in [-0.25, -0.2) is 0 Å². The minimum Gasteiger partial charge on any atom is -0.368 e. The number of H-pyrrole nitrogens is 1. The molecule has 0 radical (unpaired) electrons. The van der Waals surface area contributed by atoms with Crippen LogP contribution in [0.4, 0.5) is 0 Å². The summed E-state index contributed by atoms with van der Waals surface area (Å²) in [6.07, 6.45) is 2.81. The van der Waals surface area contributed by atoms with E-state index in [1.54, 1.807) is 54.7 Å². The van der Waals surface area contributed by atoms with Crippen LogP contribution in [0.3, 0.4) is 0 Å². The van der Waals surface area contributed by atoms with Gasteiger partial charge in [0, 0.05) is 42.8 Å². The fourth-order valence-electron chi connectivity index (χ4n) is 7.31. The number of carbonyl (C=O) groups is 6. The van der Waals surface area contributed by atoms with E-state index in [4.69, 9.17) is 22.9 Å². The number of hydrogen-bond acceptors (Lipinski definition) is 9. The predicted octanol–water partition coefficient (Wildman–Crippen LogP) is 1.07. The van der Waals surface area contributed by atoms with E-state index in [1.807, 2.05) is 67.6 Å². The first-order chi connectivity index (χ1) is 30.8. The van der Waals surface area contributed by atoms with Gasteiger partial charge >= 0.3 is 0 Å². The van der Waals surface area contributed by atoms with Crippen LogP contribution in [0.25, 0.3) is 10.9 Å². The lowest BCUT2D eigenvalue weighted by atomic mass is 9.99. The van der Waals surface area contributed by atoms with Gasteiger partial charge in [-0.2, -0.15) is 0 Å². The highest BCUT2D eigenvalue weighted by Gasteiger charge is 2.33. The van der Waals surface area contributed by atoms with E-state index in [2.05, 4.69) is 31.6 Å². The zero-order valence-corrected chi connectivity index (χ0v) is 36.1. The van der Waals surface area contributed by atoms with Crippen molar-refractivity contribution in [3.63, 3.8) is 0 Å². The Kier molecular flexibility index (Phi) is 18.1. The Hall–Kier alpha value is -6.88. The summed E-state index contributed by atoms with van der Waals surface area (Å²) in [5.74, 6) is -4.04. The summed E-state index contributed by atoms with van der Waals surface area (Å²) in [7, 11) is 0. The van der Waals surface area contributed by atoms with Crippen LogP contribution in [0.1, 0.15) is 47.1 Å². The fourth-order valence-corrected chi connectivity index (χ4v) is 7.31. The third kappa shape index (κ3) is 14.3. The number of primary amides is 1. The van der Waals surface area contributed by atoms with Crippen LogP contribution in [0.5, 0.6) is 0 Å². The normalized spacial score (nSPS) is 13.9. The lowest BCUT2D eigenvalue weighted by molar-refractivity contribution is -0.135. The molecule has 16 heteroatoms. The van der Waals surface area contributed by atoms with E-state index in [9.17, 15) is 28.8 Å². The van der Waals surface area contributed by atoms with E-state index in [1.165, 1.54) is 0 Å². The molecule has 1 heterocycles. The Morgan fingerprint density at radius 1 is 0.516 bits per heavy atom. The average molecular weight is 873 g/mol. The number of hydrogen-bond donors (Lipinski definition) is 10. The molecule has 16 nitrogen and oxygen atoms in total. The van der Waals surface area contributed by atoms with Crippen LogP contribution in [-0.4, -0.2) is 89.8 Å². The molecule has 6 amide bonds. The van der Waals surface area contributed by atoms with Crippen molar-refractivity contribution >= 4 is 46.3 Å². The number of carbonyl (C=O) groups excluding carboxylic acids is 6. The molecule has 0 aliphatic carbocycles. The number of rotatable bonds is 24. The molecule has 0 saturated heterocycles. The van der Waals surface area contributed by atoms with Crippen molar-refractivity contribution in [1.29, 1.82) is 0 Å². The monoisotopic (exact) mass is 872 g/mol. The summed E-state index contributed by atoms with van der Waals surface area (Å²) in [4.78, 5) is 86.2. The lowest BCUT2D eigenvalue weighted by Gasteiger charge is -2.27. The highest BCUT2D eigenvalue weighted by Crippen LogP contribution is 2.20. The van der Waals surface area contributed by atoms with Crippen molar-refractivity contribution in [3.05, 3.63) is 143 Å². The SMILES string of the molecule is Cc1ccc(C[C@H](NC(=O)[C@@H](Cc2ccccc2)NC(=O)[C@@H](Cc2c[nH]c3ccccc23)NC(=O)[C@@H](N)CCCN)C(=O)N[C@H](Cc2ccccc2)C(=O)NC(CCN)C(N)=O)cc1. The van der Waals surface area contributed by atoms with Crippen molar-refractivity contribution < 1.29 is 28.8 Å². The molecular formula is C48H60N10O6. The van der Waals surface area contributed by atoms with Crippen molar-refractivity contribution in [2.45, 2.75) is 88.1 Å². The van der Waals surface area contributed by atoms with E-state index in [0.717, 1.165) is 27.6 Å². The largest absolute Gasteiger partial charge is 0.368 e. The maximum absolute atomic E-state index is 14.6. The molecule has 6 atom stereocenters. The molecule has 5 aromatic rings. The minimum absolute atomic E-state index is 0.0144. The summed E-state index contributed by atoms with van der Waals surface area (Å²) in [5.41, 5.74) is 27.9. The second kappa shape index (κ2) is 24.1. The van der Waals surface area contributed by atoms with Gasteiger partial charge in [0.1, 0.15) is 30.2 Å². The van der Waals surface area contributed by atoms with Gasteiger partial charge in [0.25, 0.3) is 0 Å². The molecule has 1 unspecified atom stereocenters. The molecule has 4 aromatic carbocycles. The lowest BCUT2D eigenvalue weighted by Crippen LogP contribution is -2.60. The number of amides is 6. The summed E-state index contributed by atoms with van der Waals surface area (Å²) in [6, 6.07) is 26.1. The number of nitrogens with one attached hydrogen (secondary N) is 6. The number of aryl methyl sites for hydroxylation is 1. The van der Waals surface area contributed by atoms with Crippen molar-refractivity contribution in [2.24, 2.45) is 22.9 Å². The highest BCUT2D eigenvalue weighted by atomic mass is 16.2. The van der Waals surface area contributed by atoms with Crippen LogP contribution in [0, 0.1) is 6.92 Å². The van der Waals surface area contributed by atoms with Gasteiger partial charge in [-0.15, -0.1) is 0 Å². The topological polar surface area (TPSA) is 282 Å². The third-order valence-electron chi connectivity index (χ3n) is 10.9. The van der Waals surface area contributed by atoms with Gasteiger partial charge < -0.3 is 54.5 Å². The number of benzene rings is 4. The number of fused-ring (bicyclic) bond motifs is 1. The Morgan fingerprint density at radius 3 is 1.44 bits per heavy atom. The molecular weight excluding hydrogens is 813 g/mol. The quantitative estimate of drug-likeness (QED) is 0.0424. The Balaban J connectivity index is 1.46. The van der Waals surface area contributed by atoms with Gasteiger partial charge in [-0.3, -0.25) is 28.8 Å². The summed E-state index contributed by atoms with van der Waals surface area (Å²) in [5, 5.41) is 14.9. The van der Waals surface area contributed by atoms with Gasteiger partial charge in [0.05, 0.1) is 6.04 Å². The van der Waals surface area contributed by atoms with Crippen LogP contribution >= 0.6 is 0 Å². The molecule has 0 aliphatic rings. The molecule has 0 bridgehead atoms. The first-order valence-electron chi connectivity index (χ1n) is 21.5. The van der Waals surface area contributed by atoms with Crippen molar-refractivity contribution in [2.75, 3.05) is 13.1 Å². The van der Waals surface area contributed by atoms with E-state index in [0.29, 0.717) is 30.5 Å². The second-order valence-corrected chi connectivity index (χ2v) is 16.0. The second-order valence-electron chi connectivity index (χ2n) is 16.0. The van der Waals surface area contributed by atoms with Crippen molar-refractivity contribution in [3.8, 4) is 0 Å². The zero-order chi connectivity index (χ0) is 46.0.